The van der Waals surface area contributed by atoms with E-state index in [1.54, 1.807) is 54.6 Å². The average Bonchev–Trinajstić information content (AvgIpc) is 2.89. The summed E-state index contributed by atoms with van der Waals surface area (Å²) in [6.07, 6.45) is 0. The molecule has 0 saturated heterocycles. The largest absolute Gasteiger partial charge is 0.508 e. The summed E-state index contributed by atoms with van der Waals surface area (Å²) in [5.41, 5.74) is 1.03. The van der Waals surface area contributed by atoms with Gasteiger partial charge in [0.05, 0.1) is 0 Å². The highest BCUT2D eigenvalue weighted by atomic mass is 127. The molecule has 0 heterocycles. The number of halogens is 2. The maximum atomic E-state index is 12.2. The van der Waals surface area contributed by atoms with Crippen LogP contribution in [0.5, 0.6) is 28.7 Å². The van der Waals surface area contributed by atoms with Crippen molar-refractivity contribution in [3.8, 4) is 28.7 Å². The fraction of sp³-hybridized carbons (Fsp3) is 0.100. The van der Waals surface area contributed by atoms with Crippen molar-refractivity contribution in [2.24, 2.45) is 0 Å². The highest BCUT2D eigenvalue weighted by molar-refractivity contribution is 14.1. The Kier molecular flexibility index (Phi) is 12.4. The molecule has 4 aromatic carbocycles. The van der Waals surface area contributed by atoms with Crippen LogP contribution in [0.25, 0.3) is 0 Å². The first-order valence-electron chi connectivity index (χ1n) is 11.3. The van der Waals surface area contributed by atoms with Crippen LogP contribution in [-0.2, 0) is 4.79 Å². The molecular weight excluding hydrogens is 742 g/mol. The monoisotopic (exact) mass is 768 g/mol. The van der Waals surface area contributed by atoms with E-state index in [0.29, 0.717) is 11.5 Å². The molecule has 10 heteroatoms. The minimum atomic E-state index is -0.718. The minimum absolute atomic E-state index is 0. The van der Waals surface area contributed by atoms with Gasteiger partial charge in [0, 0.05) is 14.1 Å². The van der Waals surface area contributed by atoms with Gasteiger partial charge in [-0.2, -0.15) is 0 Å². The Morgan fingerprint density at radius 1 is 0.650 bits per heavy atom. The summed E-state index contributed by atoms with van der Waals surface area (Å²) in [5.74, 6) is -1.09. The summed E-state index contributed by atoms with van der Waals surface area (Å²) < 4.78 is 17.5. The van der Waals surface area contributed by atoms with Gasteiger partial charge >= 0.3 is 17.9 Å². The minimum Gasteiger partial charge on any atom is -0.508 e. The van der Waals surface area contributed by atoms with E-state index in [-0.39, 0.29) is 35.8 Å². The first-order valence-corrected chi connectivity index (χ1v) is 13.4. The summed E-state index contributed by atoms with van der Waals surface area (Å²) in [4.78, 5) is 35.1. The van der Waals surface area contributed by atoms with Gasteiger partial charge in [-0.25, -0.2) is 9.59 Å². The molecule has 0 atom stereocenters. The number of carbonyl (C=O) groups excluding carboxylic acids is 3. The predicted molar refractivity (Wildman–Crippen MR) is 167 cm³/mol. The molecule has 0 saturated carbocycles. The third-order valence-corrected chi connectivity index (χ3v) is 6.30. The van der Waals surface area contributed by atoms with E-state index < -0.39 is 17.9 Å². The maximum Gasteiger partial charge on any atom is 0.347 e. The highest BCUT2D eigenvalue weighted by Gasteiger charge is 2.17. The van der Waals surface area contributed by atoms with E-state index in [1.807, 2.05) is 19.1 Å². The first-order chi connectivity index (χ1) is 18.5. The molecule has 40 heavy (non-hydrogen) atoms. The smallest absolute Gasteiger partial charge is 0.347 e. The van der Waals surface area contributed by atoms with Crippen molar-refractivity contribution in [1.82, 2.24) is 0 Å². The Morgan fingerprint density at radius 3 is 1.65 bits per heavy atom. The van der Waals surface area contributed by atoms with Crippen LogP contribution in [0.1, 0.15) is 40.6 Å². The molecule has 0 spiro atoms. The molecule has 0 aliphatic heterocycles. The lowest BCUT2D eigenvalue weighted by Gasteiger charge is -2.10. The molecule has 4 aromatic rings. The summed E-state index contributed by atoms with van der Waals surface area (Å²) in [6.45, 7) is 3.13. The molecule has 0 bridgehead atoms. The number of aryl methyl sites for hydroxylation is 1. The second kappa shape index (κ2) is 15.2. The number of carbonyl (C=O) groups is 3. The van der Waals surface area contributed by atoms with E-state index >= 15 is 0 Å². The molecule has 208 valence electrons. The zero-order valence-electron chi connectivity index (χ0n) is 20.7. The molecule has 0 fully saturated rings. The molecule has 0 amide bonds. The first kappa shape index (κ1) is 32.6. The fourth-order valence-electron chi connectivity index (χ4n) is 3.06. The summed E-state index contributed by atoms with van der Waals surface area (Å²) in [6, 6.07) is 22.7. The van der Waals surface area contributed by atoms with Gasteiger partial charge in [-0.1, -0.05) is 13.5 Å². The molecule has 2 N–H and O–H groups in total. The lowest BCUT2D eigenvalue weighted by Crippen LogP contribution is -2.13. The van der Waals surface area contributed by atoms with Crippen LogP contribution < -0.4 is 14.2 Å². The Bertz CT molecular complexity index is 1480. The Morgan fingerprint density at radius 2 is 1.15 bits per heavy atom. The Hall–Kier alpha value is -3.65. The lowest BCUT2D eigenvalue weighted by atomic mass is 10.1. The van der Waals surface area contributed by atoms with Crippen molar-refractivity contribution < 1.29 is 38.8 Å². The highest BCUT2D eigenvalue weighted by Crippen LogP contribution is 2.25. The fourth-order valence-corrected chi connectivity index (χ4v) is 3.78. The van der Waals surface area contributed by atoms with E-state index in [9.17, 15) is 24.6 Å². The Labute approximate surface area is 259 Å². The van der Waals surface area contributed by atoms with Crippen molar-refractivity contribution in [2.75, 3.05) is 0 Å². The number of esters is 3. The zero-order chi connectivity index (χ0) is 28.5. The molecule has 0 aliphatic rings. The number of ether oxygens (including phenoxy) is 3. The third kappa shape index (κ3) is 9.83. The lowest BCUT2D eigenvalue weighted by molar-refractivity contribution is -0.131. The second-order valence-electron chi connectivity index (χ2n) is 7.98. The number of hydrogen-bond donors (Lipinski definition) is 2. The van der Waals surface area contributed by atoms with Crippen LogP contribution in [0, 0.1) is 14.1 Å². The molecule has 8 nitrogen and oxygen atoms in total. The van der Waals surface area contributed by atoms with Crippen molar-refractivity contribution in [2.45, 2.75) is 21.3 Å². The SMILES string of the molecule is C.CC(=O)Oc1ccc(C)cc1C(=O)Oc1ccc(I)cc1.O=C(Oc1ccc(I)cc1)c1cc(O)ccc1O. The summed E-state index contributed by atoms with van der Waals surface area (Å²) in [7, 11) is 0. The number of rotatable bonds is 5. The van der Waals surface area contributed by atoms with Gasteiger partial charge in [-0.05, 0) is 137 Å². The normalized spacial score (nSPS) is 9.80. The number of benzene rings is 4. The van der Waals surface area contributed by atoms with Crippen LogP contribution >= 0.6 is 45.2 Å². The summed E-state index contributed by atoms with van der Waals surface area (Å²) >= 11 is 4.30. The molecule has 0 radical (unpaired) electrons. The molecular formula is C30H26I2O8. The number of aromatic hydroxyl groups is 2. The van der Waals surface area contributed by atoms with E-state index in [1.165, 1.54) is 19.1 Å². The number of phenolic OH excluding ortho intramolecular Hbond substituents is 2. The van der Waals surface area contributed by atoms with Gasteiger partial charge in [0.1, 0.15) is 39.9 Å². The molecule has 0 unspecified atom stereocenters. The third-order valence-electron chi connectivity index (χ3n) is 4.86. The maximum absolute atomic E-state index is 12.2. The van der Waals surface area contributed by atoms with Gasteiger partial charge in [0.2, 0.25) is 0 Å². The zero-order valence-corrected chi connectivity index (χ0v) is 25.0. The predicted octanol–water partition coefficient (Wildman–Crippen LogP) is 7.30. The average molecular weight is 768 g/mol. The van der Waals surface area contributed by atoms with E-state index in [0.717, 1.165) is 18.8 Å². The number of hydrogen-bond acceptors (Lipinski definition) is 8. The topological polar surface area (TPSA) is 119 Å². The van der Waals surface area contributed by atoms with Crippen molar-refractivity contribution >= 4 is 63.1 Å². The van der Waals surface area contributed by atoms with Crippen molar-refractivity contribution in [1.29, 1.82) is 0 Å². The van der Waals surface area contributed by atoms with Gasteiger partial charge in [-0.3, -0.25) is 4.79 Å². The van der Waals surface area contributed by atoms with Crippen LogP contribution in [0.3, 0.4) is 0 Å². The molecule has 4 rings (SSSR count). The second-order valence-corrected chi connectivity index (χ2v) is 10.5. The van der Waals surface area contributed by atoms with Crippen molar-refractivity contribution in [3.63, 3.8) is 0 Å². The van der Waals surface area contributed by atoms with Crippen LogP contribution in [-0.4, -0.2) is 28.1 Å². The van der Waals surface area contributed by atoms with Crippen LogP contribution in [0.4, 0.5) is 0 Å². The summed E-state index contributed by atoms with van der Waals surface area (Å²) in [5, 5.41) is 18.8. The molecule has 0 aromatic heterocycles. The molecule has 0 aliphatic carbocycles. The van der Waals surface area contributed by atoms with Crippen LogP contribution in [0.15, 0.2) is 84.9 Å². The van der Waals surface area contributed by atoms with Gasteiger partial charge in [0.15, 0.2) is 0 Å². The van der Waals surface area contributed by atoms with E-state index in [2.05, 4.69) is 45.2 Å². The quantitative estimate of drug-likeness (QED) is 0.0941. The van der Waals surface area contributed by atoms with Crippen molar-refractivity contribution in [3.05, 3.63) is 109 Å². The van der Waals surface area contributed by atoms with Gasteiger partial charge < -0.3 is 24.4 Å². The number of phenols is 2. The Balaban J connectivity index is 0.000000276. The standard InChI is InChI=1S/C16H13IO4.C13H9IO4.CH4/c1-10-3-8-15(20-11(2)18)14(9-10)16(19)21-13-6-4-12(17)5-7-13;14-8-1-4-10(5-2-8)18-13(17)11-7-9(15)3-6-12(11)16;/h3-9H,1-2H3;1-7,15-16H;1H4. The van der Waals surface area contributed by atoms with Gasteiger partial charge in [0.25, 0.3) is 0 Å². The van der Waals surface area contributed by atoms with Crippen LogP contribution in [0.2, 0.25) is 0 Å². The van der Waals surface area contributed by atoms with E-state index in [4.69, 9.17) is 14.2 Å². The van der Waals surface area contributed by atoms with Gasteiger partial charge in [-0.15, -0.1) is 0 Å².